The van der Waals surface area contributed by atoms with Gasteiger partial charge in [0.25, 0.3) is 0 Å². The Kier molecular flexibility index (Phi) is 25.0. The number of ether oxygens (including phenoxy) is 6. The summed E-state index contributed by atoms with van der Waals surface area (Å²) in [6.45, 7) is 3.87. The molecule has 1 unspecified atom stereocenters. The number of carbonyl (C=O) groups is 5. The van der Waals surface area contributed by atoms with Crippen molar-refractivity contribution in [3.63, 3.8) is 0 Å². The highest BCUT2D eigenvalue weighted by molar-refractivity contribution is 5.96. The Bertz CT molecular complexity index is 1730. The Balaban J connectivity index is 0.000000423. The summed E-state index contributed by atoms with van der Waals surface area (Å²) in [5, 5.41) is 0. The van der Waals surface area contributed by atoms with Gasteiger partial charge in [-0.3, -0.25) is 19.2 Å². The summed E-state index contributed by atoms with van der Waals surface area (Å²) in [5.74, 6) is -4.90. The van der Waals surface area contributed by atoms with Gasteiger partial charge in [-0.1, -0.05) is 152 Å². The lowest BCUT2D eigenvalue weighted by molar-refractivity contribution is -0.161. The van der Waals surface area contributed by atoms with Crippen LogP contribution in [0.25, 0.3) is 18.2 Å². The minimum Gasteiger partial charge on any atom is -0.468 e. The summed E-state index contributed by atoms with van der Waals surface area (Å²) in [6, 6.07) is 29.3. The van der Waals surface area contributed by atoms with Crippen LogP contribution in [0, 0.1) is 17.8 Å². The summed E-state index contributed by atoms with van der Waals surface area (Å²) in [6.07, 6.45) is 19.4. The molecule has 0 saturated heterocycles. The van der Waals surface area contributed by atoms with Gasteiger partial charge in [0.05, 0.1) is 35.5 Å². The fraction of sp³-hybridized carbons (Fsp3) is 0.222. The van der Waals surface area contributed by atoms with Gasteiger partial charge in [-0.05, 0) is 29.2 Å². The molecule has 0 radical (unpaired) electrons. The van der Waals surface area contributed by atoms with Crippen LogP contribution in [0.2, 0.25) is 0 Å². The van der Waals surface area contributed by atoms with Gasteiger partial charge in [0.2, 0.25) is 0 Å². The SMILES string of the molecule is C=CC(/C=C/c1ccccc1)C(C(=O)OC)C(=O)OC.COC(=O)C(C/C=C/C=C/c1ccccc1)C(=O)OC.COC(=O)OC/C=C/C=C/c1ccccc1. The predicted molar refractivity (Wildman–Crippen MR) is 216 cm³/mol. The van der Waals surface area contributed by atoms with E-state index in [1.54, 1.807) is 24.3 Å². The maximum absolute atomic E-state index is 11.7. The van der Waals surface area contributed by atoms with Crippen LogP contribution in [0.1, 0.15) is 23.1 Å². The summed E-state index contributed by atoms with van der Waals surface area (Å²) in [5.41, 5.74) is 3.17. The molecule has 0 heterocycles. The second kappa shape index (κ2) is 29.7. The lowest BCUT2D eigenvalue weighted by Crippen LogP contribution is -2.31. The zero-order chi connectivity index (χ0) is 41.4. The number of allylic oxidation sites excluding steroid dienone is 7. The third-order valence-corrected chi connectivity index (χ3v) is 7.36. The Labute approximate surface area is 329 Å². The molecule has 296 valence electrons. The highest BCUT2D eigenvalue weighted by Gasteiger charge is 2.34. The van der Waals surface area contributed by atoms with Crippen LogP contribution in [0.5, 0.6) is 0 Å². The molecule has 0 aliphatic rings. The molecular formula is C45H50O11. The average Bonchev–Trinajstić information content (AvgIpc) is 3.25. The lowest BCUT2D eigenvalue weighted by Gasteiger charge is -2.17. The van der Waals surface area contributed by atoms with Crippen LogP contribution in [0.3, 0.4) is 0 Å². The van der Waals surface area contributed by atoms with Gasteiger partial charge < -0.3 is 28.4 Å². The van der Waals surface area contributed by atoms with E-state index in [-0.39, 0.29) is 13.0 Å². The summed E-state index contributed by atoms with van der Waals surface area (Å²) in [4.78, 5) is 56.9. The standard InChI is InChI=1S/2C16H18O4.C13H14O3/c1-19-15(17)14(16(18)20-2)12-8-4-7-11-13-9-5-3-6-10-13;1-4-13(11-10-12-8-6-5-7-9-12)14(15(17)19-2)16(18)20-3;1-15-13(14)16-11-7-3-6-10-12-8-4-2-5-9-12/h3-11,14H,12H2,1-2H3;4-11,13-14H,1H2,2-3H3;2-10H,11H2,1H3/b8-4+,11-7+;11-10+;7-3+,10-6+. The summed E-state index contributed by atoms with van der Waals surface area (Å²) >= 11 is 0. The number of carbonyl (C=O) groups excluding carboxylic acids is 5. The van der Waals surface area contributed by atoms with Crippen LogP contribution in [-0.2, 0) is 47.6 Å². The van der Waals surface area contributed by atoms with Crippen LogP contribution in [0.15, 0.2) is 146 Å². The monoisotopic (exact) mass is 766 g/mol. The average molecular weight is 767 g/mol. The molecule has 0 bridgehead atoms. The van der Waals surface area contributed by atoms with Crippen molar-refractivity contribution in [3.8, 4) is 0 Å². The first-order chi connectivity index (χ1) is 27.1. The number of hydrogen-bond donors (Lipinski definition) is 0. The number of esters is 4. The molecule has 0 amide bonds. The van der Waals surface area contributed by atoms with E-state index in [0.717, 1.165) is 16.7 Å². The molecule has 3 aromatic rings. The Hall–Kier alpha value is -6.75. The smallest absolute Gasteiger partial charge is 0.468 e. The lowest BCUT2D eigenvalue weighted by atomic mass is 9.91. The van der Waals surface area contributed by atoms with Gasteiger partial charge in [0.15, 0.2) is 11.8 Å². The predicted octanol–water partition coefficient (Wildman–Crippen LogP) is 8.11. The maximum atomic E-state index is 11.7. The van der Waals surface area contributed by atoms with E-state index in [1.165, 1.54) is 41.6 Å². The molecule has 0 aliphatic carbocycles. The van der Waals surface area contributed by atoms with E-state index in [4.69, 9.17) is 0 Å². The molecule has 56 heavy (non-hydrogen) atoms. The third kappa shape index (κ3) is 19.9. The molecule has 0 aromatic heterocycles. The minimum atomic E-state index is -1.04. The second-order valence-electron chi connectivity index (χ2n) is 11.1. The molecule has 11 nitrogen and oxygen atoms in total. The van der Waals surface area contributed by atoms with Gasteiger partial charge in [-0.2, -0.15) is 0 Å². The molecule has 0 aliphatic heterocycles. The van der Waals surface area contributed by atoms with E-state index in [0.29, 0.717) is 0 Å². The van der Waals surface area contributed by atoms with Crippen molar-refractivity contribution in [2.45, 2.75) is 6.42 Å². The molecule has 1 atom stereocenters. The molecular weight excluding hydrogens is 716 g/mol. The van der Waals surface area contributed by atoms with Gasteiger partial charge in [0.1, 0.15) is 6.61 Å². The molecule has 11 heteroatoms. The number of benzene rings is 3. The number of hydrogen-bond acceptors (Lipinski definition) is 11. The normalized spacial score (nSPS) is 11.4. The first-order valence-electron chi connectivity index (χ1n) is 17.3. The van der Waals surface area contributed by atoms with Crippen molar-refractivity contribution in [2.75, 3.05) is 42.2 Å². The van der Waals surface area contributed by atoms with Crippen molar-refractivity contribution in [1.29, 1.82) is 0 Å². The molecule has 0 spiro atoms. The highest BCUT2D eigenvalue weighted by Crippen LogP contribution is 2.20. The fourth-order valence-corrected chi connectivity index (χ4v) is 4.41. The topological polar surface area (TPSA) is 141 Å². The first kappa shape index (κ1) is 47.3. The van der Waals surface area contributed by atoms with Gasteiger partial charge in [-0.15, -0.1) is 6.58 Å². The van der Waals surface area contributed by atoms with E-state index >= 15 is 0 Å². The molecule has 0 fully saturated rings. The number of rotatable bonds is 16. The number of methoxy groups -OCH3 is 5. The van der Waals surface area contributed by atoms with E-state index < -0.39 is 47.8 Å². The summed E-state index contributed by atoms with van der Waals surface area (Å²) in [7, 11) is 6.24. The van der Waals surface area contributed by atoms with E-state index in [1.807, 2.05) is 127 Å². The largest absolute Gasteiger partial charge is 0.508 e. The van der Waals surface area contributed by atoms with Crippen LogP contribution < -0.4 is 0 Å². The Morgan fingerprint density at radius 2 is 0.946 bits per heavy atom. The van der Waals surface area contributed by atoms with Gasteiger partial charge in [-0.25, -0.2) is 4.79 Å². The van der Waals surface area contributed by atoms with Crippen molar-refractivity contribution in [3.05, 3.63) is 163 Å². The minimum absolute atomic E-state index is 0.214. The quantitative estimate of drug-likeness (QED) is 0.0459. The van der Waals surface area contributed by atoms with Crippen molar-refractivity contribution >= 4 is 48.3 Å². The maximum Gasteiger partial charge on any atom is 0.508 e. The van der Waals surface area contributed by atoms with Crippen molar-refractivity contribution < 1.29 is 52.4 Å². The zero-order valence-electron chi connectivity index (χ0n) is 32.4. The molecule has 3 rings (SSSR count). The molecule has 0 saturated carbocycles. The fourth-order valence-electron chi connectivity index (χ4n) is 4.41. The Morgan fingerprint density at radius 1 is 0.536 bits per heavy atom. The van der Waals surface area contributed by atoms with E-state index in [9.17, 15) is 24.0 Å². The van der Waals surface area contributed by atoms with Crippen LogP contribution in [0.4, 0.5) is 4.79 Å². The third-order valence-electron chi connectivity index (χ3n) is 7.36. The Morgan fingerprint density at radius 3 is 1.34 bits per heavy atom. The van der Waals surface area contributed by atoms with Crippen molar-refractivity contribution in [2.24, 2.45) is 17.8 Å². The molecule has 0 N–H and O–H groups in total. The van der Waals surface area contributed by atoms with Gasteiger partial charge in [0, 0.05) is 5.92 Å². The van der Waals surface area contributed by atoms with Crippen LogP contribution in [-0.4, -0.2) is 72.2 Å². The van der Waals surface area contributed by atoms with Gasteiger partial charge >= 0.3 is 30.0 Å². The van der Waals surface area contributed by atoms with Crippen molar-refractivity contribution in [1.82, 2.24) is 0 Å². The van der Waals surface area contributed by atoms with E-state index in [2.05, 4.69) is 35.0 Å². The summed E-state index contributed by atoms with van der Waals surface area (Å²) < 4.78 is 27.4. The second-order valence-corrected chi connectivity index (χ2v) is 11.1. The first-order valence-corrected chi connectivity index (χ1v) is 17.3. The van der Waals surface area contributed by atoms with Crippen LogP contribution >= 0.6 is 0 Å². The highest BCUT2D eigenvalue weighted by atomic mass is 16.7. The zero-order valence-corrected chi connectivity index (χ0v) is 32.4. The molecule has 3 aromatic carbocycles.